The molecule has 2 aliphatic rings. The molecular formula is C10H15N3O2. The minimum Gasteiger partial charge on any atom is -0.370 e. The van der Waals surface area contributed by atoms with Crippen molar-refractivity contribution in [3.8, 4) is 0 Å². The maximum absolute atomic E-state index is 11.8. The predicted molar refractivity (Wildman–Crippen MR) is 53.7 cm³/mol. The van der Waals surface area contributed by atoms with Crippen molar-refractivity contribution in [2.45, 2.75) is 37.8 Å². The lowest BCUT2D eigenvalue weighted by molar-refractivity contribution is 0.101. The fraction of sp³-hybridized carbons (Fsp3) is 0.800. The molecule has 1 aliphatic heterocycles. The highest BCUT2D eigenvalue weighted by atomic mass is 16.5. The number of hydrogen-bond donors (Lipinski definition) is 0. The Morgan fingerprint density at radius 1 is 1.40 bits per heavy atom. The van der Waals surface area contributed by atoms with Gasteiger partial charge in [-0.25, -0.2) is 9.48 Å². The second kappa shape index (κ2) is 3.20. The van der Waals surface area contributed by atoms with Gasteiger partial charge in [0, 0.05) is 19.7 Å². The Morgan fingerprint density at radius 2 is 2.20 bits per heavy atom. The number of aryl methyl sites for hydroxylation is 1. The number of nitrogens with zero attached hydrogens (tertiary/aromatic N) is 3. The molecule has 5 heteroatoms. The first-order chi connectivity index (χ1) is 7.27. The van der Waals surface area contributed by atoms with Gasteiger partial charge in [0.25, 0.3) is 0 Å². The summed E-state index contributed by atoms with van der Waals surface area (Å²) in [5.41, 5.74) is 0.00278. The summed E-state index contributed by atoms with van der Waals surface area (Å²) in [5.74, 6) is 0.836. The molecule has 82 valence electrons. The van der Waals surface area contributed by atoms with Gasteiger partial charge >= 0.3 is 5.69 Å². The molecule has 0 amide bonds. The van der Waals surface area contributed by atoms with E-state index in [4.69, 9.17) is 4.74 Å². The topological polar surface area (TPSA) is 49.0 Å². The van der Waals surface area contributed by atoms with E-state index >= 15 is 0 Å². The molecule has 2 fully saturated rings. The summed E-state index contributed by atoms with van der Waals surface area (Å²) in [7, 11) is 1.71. The molecule has 1 aliphatic carbocycles. The lowest BCUT2D eigenvalue weighted by atomic mass is 10.2. The van der Waals surface area contributed by atoms with E-state index in [0.29, 0.717) is 6.04 Å². The van der Waals surface area contributed by atoms with Gasteiger partial charge in [-0.2, -0.15) is 5.10 Å². The molecule has 1 unspecified atom stereocenters. The van der Waals surface area contributed by atoms with Crippen LogP contribution in [0.15, 0.2) is 4.79 Å². The fourth-order valence-corrected chi connectivity index (χ4v) is 2.18. The summed E-state index contributed by atoms with van der Waals surface area (Å²) < 4.78 is 8.85. The molecule has 1 atom stereocenters. The van der Waals surface area contributed by atoms with Gasteiger partial charge in [-0.1, -0.05) is 0 Å². The Balaban J connectivity index is 2.05. The summed E-state index contributed by atoms with van der Waals surface area (Å²) in [6.45, 7) is 0.792. The monoisotopic (exact) mass is 209 g/mol. The zero-order chi connectivity index (χ0) is 10.4. The Hall–Kier alpha value is -1.10. The van der Waals surface area contributed by atoms with Gasteiger partial charge in [0.2, 0.25) is 0 Å². The van der Waals surface area contributed by atoms with Gasteiger partial charge in [0.15, 0.2) is 5.82 Å². The van der Waals surface area contributed by atoms with Crippen molar-refractivity contribution in [2.24, 2.45) is 7.05 Å². The smallest absolute Gasteiger partial charge is 0.345 e. The van der Waals surface area contributed by atoms with Gasteiger partial charge < -0.3 is 4.74 Å². The number of aromatic nitrogens is 3. The Morgan fingerprint density at radius 3 is 2.80 bits per heavy atom. The van der Waals surface area contributed by atoms with Crippen LogP contribution in [0.4, 0.5) is 0 Å². The Kier molecular flexibility index (Phi) is 1.95. The van der Waals surface area contributed by atoms with Crippen molar-refractivity contribution in [2.75, 3.05) is 6.61 Å². The molecule has 2 heterocycles. The van der Waals surface area contributed by atoms with Crippen molar-refractivity contribution >= 4 is 0 Å². The van der Waals surface area contributed by atoms with Crippen LogP contribution in [0.3, 0.4) is 0 Å². The van der Waals surface area contributed by atoms with E-state index in [9.17, 15) is 4.79 Å². The molecule has 1 aromatic heterocycles. The van der Waals surface area contributed by atoms with E-state index in [1.54, 1.807) is 7.05 Å². The summed E-state index contributed by atoms with van der Waals surface area (Å²) in [6.07, 6.45) is 4.31. The van der Waals surface area contributed by atoms with Gasteiger partial charge in [0.1, 0.15) is 6.10 Å². The first kappa shape index (κ1) is 9.15. The third-order valence-electron chi connectivity index (χ3n) is 3.11. The first-order valence-electron chi connectivity index (χ1n) is 5.54. The van der Waals surface area contributed by atoms with Crippen LogP contribution in [0.1, 0.15) is 43.7 Å². The third-order valence-corrected chi connectivity index (χ3v) is 3.11. The maximum Gasteiger partial charge on any atom is 0.345 e. The van der Waals surface area contributed by atoms with Crippen LogP contribution in [0.5, 0.6) is 0 Å². The average Bonchev–Trinajstić information content (AvgIpc) is 2.82. The molecule has 0 bridgehead atoms. The van der Waals surface area contributed by atoms with Crippen LogP contribution in [0.25, 0.3) is 0 Å². The van der Waals surface area contributed by atoms with E-state index in [0.717, 1.165) is 38.1 Å². The van der Waals surface area contributed by atoms with Crippen molar-refractivity contribution in [3.63, 3.8) is 0 Å². The van der Waals surface area contributed by atoms with Crippen LogP contribution < -0.4 is 5.69 Å². The van der Waals surface area contributed by atoms with E-state index < -0.39 is 0 Å². The second-order valence-electron chi connectivity index (χ2n) is 4.37. The average molecular weight is 209 g/mol. The molecule has 1 saturated heterocycles. The highest BCUT2D eigenvalue weighted by Crippen LogP contribution is 2.37. The van der Waals surface area contributed by atoms with Crippen molar-refractivity contribution in [1.82, 2.24) is 14.3 Å². The minimum atomic E-state index is 0.00278. The second-order valence-corrected chi connectivity index (χ2v) is 4.37. The molecule has 0 N–H and O–H groups in total. The normalized spacial score (nSPS) is 26.1. The summed E-state index contributed by atoms with van der Waals surface area (Å²) in [4.78, 5) is 11.8. The molecule has 1 saturated carbocycles. The van der Waals surface area contributed by atoms with Crippen molar-refractivity contribution < 1.29 is 4.74 Å². The number of rotatable bonds is 2. The molecule has 0 spiro atoms. The molecule has 0 aromatic carbocycles. The highest BCUT2D eigenvalue weighted by Gasteiger charge is 2.33. The lowest BCUT2D eigenvalue weighted by Crippen LogP contribution is -2.23. The quantitative estimate of drug-likeness (QED) is 0.722. The molecular weight excluding hydrogens is 194 g/mol. The predicted octanol–water partition coefficient (Wildman–Crippen LogP) is 0.768. The van der Waals surface area contributed by atoms with Crippen LogP contribution in [0.2, 0.25) is 0 Å². The maximum atomic E-state index is 11.8. The Labute approximate surface area is 87.7 Å². The van der Waals surface area contributed by atoms with E-state index in [-0.39, 0.29) is 11.8 Å². The van der Waals surface area contributed by atoms with E-state index in [2.05, 4.69) is 5.10 Å². The number of ether oxygens (including phenoxy) is 1. The largest absolute Gasteiger partial charge is 0.370 e. The molecule has 1 aromatic rings. The van der Waals surface area contributed by atoms with Crippen molar-refractivity contribution in [1.29, 1.82) is 0 Å². The standard InChI is InChI=1S/C10H15N3O2/c1-12-10(14)13(7-4-5-7)9(11-12)8-3-2-6-15-8/h7-8H,2-6H2,1H3. The van der Waals surface area contributed by atoms with Gasteiger partial charge in [-0.05, 0) is 25.7 Å². The van der Waals surface area contributed by atoms with Gasteiger partial charge in [0.05, 0.1) is 0 Å². The molecule has 15 heavy (non-hydrogen) atoms. The highest BCUT2D eigenvalue weighted by molar-refractivity contribution is 5.00. The molecule has 5 nitrogen and oxygen atoms in total. The third kappa shape index (κ3) is 1.42. The van der Waals surface area contributed by atoms with Crippen LogP contribution in [-0.2, 0) is 11.8 Å². The summed E-state index contributed by atoms with van der Waals surface area (Å²) in [5, 5.41) is 4.30. The number of hydrogen-bond acceptors (Lipinski definition) is 3. The van der Waals surface area contributed by atoms with E-state index in [1.165, 1.54) is 4.68 Å². The van der Waals surface area contributed by atoms with Crippen LogP contribution >= 0.6 is 0 Å². The van der Waals surface area contributed by atoms with E-state index in [1.807, 2.05) is 4.57 Å². The summed E-state index contributed by atoms with van der Waals surface area (Å²) in [6, 6.07) is 0.380. The zero-order valence-electron chi connectivity index (χ0n) is 8.85. The molecule has 0 radical (unpaired) electrons. The van der Waals surface area contributed by atoms with Gasteiger partial charge in [-0.15, -0.1) is 0 Å². The zero-order valence-corrected chi connectivity index (χ0v) is 8.85. The fourth-order valence-electron chi connectivity index (χ4n) is 2.18. The molecule has 3 rings (SSSR count). The van der Waals surface area contributed by atoms with Crippen LogP contribution in [0, 0.1) is 0 Å². The first-order valence-corrected chi connectivity index (χ1v) is 5.54. The minimum absolute atomic E-state index is 0.00278. The lowest BCUT2D eigenvalue weighted by Gasteiger charge is -2.09. The van der Waals surface area contributed by atoms with Crippen LogP contribution in [-0.4, -0.2) is 21.0 Å². The van der Waals surface area contributed by atoms with Gasteiger partial charge in [-0.3, -0.25) is 4.57 Å². The summed E-state index contributed by atoms with van der Waals surface area (Å²) >= 11 is 0. The van der Waals surface area contributed by atoms with Crippen molar-refractivity contribution in [3.05, 3.63) is 16.3 Å². The SMILES string of the molecule is Cn1nc(C2CCCO2)n(C2CC2)c1=O. The Bertz CT molecular complexity index is 424.